The lowest BCUT2D eigenvalue weighted by atomic mass is 10.1. The minimum absolute atomic E-state index is 0.0332. The first-order valence-corrected chi connectivity index (χ1v) is 9.78. The lowest BCUT2D eigenvalue weighted by molar-refractivity contribution is -0.130. The van der Waals surface area contributed by atoms with Crippen molar-refractivity contribution in [1.82, 2.24) is 19.9 Å². The van der Waals surface area contributed by atoms with E-state index in [9.17, 15) is 23.6 Å². The molecule has 1 fully saturated rings. The Labute approximate surface area is 178 Å². The number of aromatic nitrogens is 3. The standard InChI is InChI=1S/C21H22F2N6O2/c1-29(2)21(31)16(7-20(22)23)28-15-5-13(9-26-17(15)8-24)18-11-25-14(10-27-18)6-19(30)12-3-4-12/h5,9-12,16,20,28H,3-4,6-7H2,1-2H3. The van der Waals surface area contributed by atoms with E-state index in [2.05, 4.69) is 20.3 Å². The van der Waals surface area contributed by atoms with Crippen LogP contribution >= 0.6 is 0 Å². The van der Waals surface area contributed by atoms with Crippen LogP contribution in [0.25, 0.3) is 11.3 Å². The molecule has 1 unspecified atom stereocenters. The highest BCUT2D eigenvalue weighted by Crippen LogP contribution is 2.31. The van der Waals surface area contributed by atoms with Crippen LogP contribution in [0.15, 0.2) is 24.7 Å². The number of alkyl halides is 2. The fourth-order valence-electron chi connectivity index (χ4n) is 3.03. The second kappa shape index (κ2) is 9.55. The van der Waals surface area contributed by atoms with Crippen LogP contribution in [0.1, 0.15) is 30.7 Å². The second-order valence-electron chi connectivity index (χ2n) is 7.60. The average molecular weight is 428 g/mol. The first-order chi connectivity index (χ1) is 14.8. The molecular formula is C21H22F2N6O2. The van der Waals surface area contributed by atoms with Crippen molar-refractivity contribution in [3.63, 3.8) is 0 Å². The Morgan fingerprint density at radius 2 is 1.97 bits per heavy atom. The smallest absolute Gasteiger partial charge is 0.244 e. The molecule has 0 bridgehead atoms. The zero-order chi connectivity index (χ0) is 22.5. The van der Waals surface area contributed by atoms with Gasteiger partial charge in [0.2, 0.25) is 12.3 Å². The zero-order valence-corrected chi connectivity index (χ0v) is 17.2. The summed E-state index contributed by atoms with van der Waals surface area (Å²) in [4.78, 5) is 38.1. The van der Waals surface area contributed by atoms with E-state index in [0.717, 1.165) is 12.8 Å². The van der Waals surface area contributed by atoms with Crippen LogP contribution in [-0.4, -0.2) is 58.1 Å². The SMILES string of the molecule is CN(C)C(=O)C(CC(F)F)Nc1cc(-c2cnc(CC(=O)C3CC3)cn2)cnc1C#N. The number of rotatable bonds is 9. The maximum Gasteiger partial charge on any atom is 0.244 e. The fraction of sp³-hybridized carbons (Fsp3) is 0.429. The number of Topliss-reactive ketones (excluding diaryl/α,β-unsaturated/α-hetero) is 1. The molecular weight excluding hydrogens is 406 g/mol. The Morgan fingerprint density at radius 1 is 1.23 bits per heavy atom. The van der Waals surface area contributed by atoms with Gasteiger partial charge >= 0.3 is 0 Å². The van der Waals surface area contributed by atoms with Gasteiger partial charge in [-0.05, 0) is 18.9 Å². The number of pyridine rings is 1. The van der Waals surface area contributed by atoms with Gasteiger partial charge < -0.3 is 10.2 Å². The molecule has 10 heteroatoms. The lowest BCUT2D eigenvalue weighted by Crippen LogP contribution is -2.40. The number of anilines is 1. The van der Waals surface area contributed by atoms with Crippen molar-refractivity contribution in [2.75, 3.05) is 19.4 Å². The largest absolute Gasteiger partial charge is 0.371 e. The van der Waals surface area contributed by atoms with Crippen molar-refractivity contribution in [1.29, 1.82) is 5.26 Å². The number of nitrogens with one attached hydrogen (secondary N) is 1. The number of hydrogen-bond donors (Lipinski definition) is 1. The molecule has 0 aromatic carbocycles. The Balaban J connectivity index is 1.83. The number of halogens is 2. The van der Waals surface area contributed by atoms with E-state index >= 15 is 0 Å². The van der Waals surface area contributed by atoms with Crippen LogP contribution in [0.3, 0.4) is 0 Å². The highest BCUT2D eigenvalue weighted by molar-refractivity contribution is 5.85. The molecule has 2 heterocycles. The van der Waals surface area contributed by atoms with Crippen LogP contribution in [-0.2, 0) is 16.0 Å². The fourth-order valence-corrected chi connectivity index (χ4v) is 3.03. The summed E-state index contributed by atoms with van der Waals surface area (Å²) < 4.78 is 26.0. The van der Waals surface area contributed by atoms with Crippen LogP contribution in [0, 0.1) is 17.2 Å². The molecule has 2 aromatic rings. The summed E-state index contributed by atoms with van der Waals surface area (Å²) >= 11 is 0. The number of carbonyl (C=O) groups excluding carboxylic acids is 2. The number of nitrogens with zero attached hydrogens (tertiary/aromatic N) is 5. The van der Waals surface area contributed by atoms with Crippen molar-refractivity contribution in [3.05, 3.63) is 36.0 Å². The zero-order valence-electron chi connectivity index (χ0n) is 17.2. The molecule has 2 aromatic heterocycles. The van der Waals surface area contributed by atoms with E-state index in [1.807, 2.05) is 6.07 Å². The van der Waals surface area contributed by atoms with E-state index in [4.69, 9.17) is 0 Å². The van der Waals surface area contributed by atoms with Crippen LogP contribution in [0.4, 0.5) is 14.5 Å². The predicted molar refractivity (Wildman–Crippen MR) is 108 cm³/mol. The molecule has 0 spiro atoms. The molecule has 0 aliphatic heterocycles. The summed E-state index contributed by atoms with van der Waals surface area (Å²) in [6.45, 7) is 0. The first-order valence-electron chi connectivity index (χ1n) is 9.78. The number of amides is 1. The van der Waals surface area contributed by atoms with Crippen molar-refractivity contribution >= 4 is 17.4 Å². The van der Waals surface area contributed by atoms with Gasteiger partial charge in [-0.1, -0.05) is 0 Å². The highest BCUT2D eigenvalue weighted by Gasteiger charge is 2.29. The molecule has 1 aliphatic rings. The van der Waals surface area contributed by atoms with Gasteiger partial charge in [-0.2, -0.15) is 5.26 Å². The second-order valence-corrected chi connectivity index (χ2v) is 7.60. The minimum Gasteiger partial charge on any atom is -0.371 e. The maximum atomic E-state index is 13.0. The molecule has 1 atom stereocenters. The molecule has 1 amide bonds. The van der Waals surface area contributed by atoms with E-state index in [1.54, 1.807) is 0 Å². The summed E-state index contributed by atoms with van der Waals surface area (Å²) in [7, 11) is 2.93. The van der Waals surface area contributed by atoms with E-state index in [-0.39, 0.29) is 29.5 Å². The molecule has 1 saturated carbocycles. The number of nitriles is 1. The molecule has 3 rings (SSSR count). The van der Waals surface area contributed by atoms with Gasteiger partial charge in [-0.25, -0.2) is 13.8 Å². The first kappa shape index (κ1) is 22.2. The van der Waals surface area contributed by atoms with Gasteiger partial charge in [0.1, 0.15) is 17.9 Å². The predicted octanol–water partition coefficient (Wildman–Crippen LogP) is 2.46. The van der Waals surface area contributed by atoms with E-state index in [0.29, 0.717) is 17.0 Å². The molecule has 31 heavy (non-hydrogen) atoms. The molecule has 0 saturated heterocycles. The Hall–Kier alpha value is -3.48. The summed E-state index contributed by atoms with van der Waals surface area (Å²) in [6, 6.07) is 2.19. The topological polar surface area (TPSA) is 112 Å². The van der Waals surface area contributed by atoms with Crippen molar-refractivity contribution in [2.24, 2.45) is 5.92 Å². The number of hydrogen-bond acceptors (Lipinski definition) is 7. The summed E-state index contributed by atoms with van der Waals surface area (Å²) in [5.41, 5.74) is 1.60. The third-order valence-corrected chi connectivity index (χ3v) is 4.87. The van der Waals surface area contributed by atoms with Gasteiger partial charge in [0.15, 0.2) is 5.69 Å². The highest BCUT2D eigenvalue weighted by atomic mass is 19.3. The number of ketones is 1. The van der Waals surface area contributed by atoms with Crippen molar-refractivity contribution < 1.29 is 18.4 Å². The minimum atomic E-state index is -2.71. The molecule has 1 aliphatic carbocycles. The third kappa shape index (κ3) is 5.78. The summed E-state index contributed by atoms with van der Waals surface area (Å²) in [5, 5.41) is 12.1. The maximum absolute atomic E-state index is 13.0. The van der Waals surface area contributed by atoms with E-state index < -0.39 is 24.8 Å². The van der Waals surface area contributed by atoms with Crippen LogP contribution < -0.4 is 5.32 Å². The van der Waals surface area contributed by atoms with Crippen LogP contribution in [0.2, 0.25) is 0 Å². The van der Waals surface area contributed by atoms with Crippen molar-refractivity contribution in [3.8, 4) is 17.3 Å². The van der Waals surface area contributed by atoms with Crippen LogP contribution in [0.5, 0.6) is 0 Å². The van der Waals surface area contributed by atoms with Gasteiger partial charge in [0, 0.05) is 44.4 Å². The van der Waals surface area contributed by atoms with Gasteiger partial charge in [0.25, 0.3) is 0 Å². The monoisotopic (exact) mass is 428 g/mol. The van der Waals surface area contributed by atoms with Gasteiger partial charge in [-0.3, -0.25) is 19.6 Å². The Kier molecular flexibility index (Phi) is 6.84. The summed E-state index contributed by atoms with van der Waals surface area (Å²) in [5.74, 6) is -0.243. The van der Waals surface area contributed by atoms with Gasteiger partial charge in [0.05, 0.1) is 29.7 Å². The third-order valence-electron chi connectivity index (χ3n) is 4.87. The Morgan fingerprint density at radius 3 is 2.52 bits per heavy atom. The lowest BCUT2D eigenvalue weighted by Gasteiger charge is -2.23. The average Bonchev–Trinajstić information content (AvgIpc) is 3.58. The van der Waals surface area contributed by atoms with Gasteiger partial charge in [-0.15, -0.1) is 0 Å². The van der Waals surface area contributed by atoms with Crippen molar-refractivity contribution in [2.45, 2.75) is 38.2 Å². The summed E-state index contributed by atoms with van der Waals surface area (Å²) in [6.07, 6.45) is 3.09. The quantitative estimate of drug-likeness (QED) is 0.653. The number of likely N-dealkylation sites (N-methyl/N-ethyl adjacent to an activating group) is 1. The molecule has 162 valence electrons. The number of carbonyl (C=O) groups is 2. The Bertz CT molecular complexity index is 1000. The normalized spacial score (nSPS) is 14.1. The molecule has 1 N–H and O–H groups in total. The van der Waals surface area contributed by atoms with E-state index in [1.165, 1.54) is 43.7 Å². The molecule has 8 nitrogen and oxygen atoms in total. The molecule has 0 radical (unpaired) electrons.